The van der Waals surface area contributed by atoms with Crippen LogP contribution in [0.4, 0.5) is 5.82 Å². The molecule has 1 aliphatic heterocycles. The molecule has 0 unspecified atom stereocenters. The van der Waals surface area contributed by atoms with Crippen LogP contribution in [-0.2, 0) is 4.74 Å². The van der Waals surface area contributed by atoms with Crippen molar-refractivity contribution < 1.29 is 9.47 Å². The zero-order valence-electron chi connectivity index (χ0n) is 7.27. The van der Waals surface area contributed by atoms with Crippen LogP contribution in [0.25, 0.3) is 0 Å². The highest BCUT2D eigenvalue weighted by molar-refractivity contribution is 5.44. The molecule has 2 heterocycles. The van der Waals surface area contributed by atoms with Gasteiger partial charge in [0.2, 0.25) is 0 Å². The maximum atomic E-state index is 5.60. The van der Waals surface area contributed by atoms with E-state index < -0.39 is 0 Å². The van der Waals surface area contributed by atoms with Crippen molar-refractivity contribution in [1.82, 2.24) is 4.98 Å². The first kappa shape index (κ1) is 8.31. The topological polar surface area (TPSA) is 57.4 Å². The number of nitrogens with two attached hydrogens (primary N) is 1. The van der Waals surface area contributed by atoms with Crippen molar-refractivity contribution in [3.8, 4) is 5.75 Å². The fraction of sp³-hybridized carbons (Fsp3) is 0.444. The van der Waals surface area contributed by atoms with Crippen LogP contribution in [-0.4, -0.2) is 24.8 Å². The predicted molar refractivity (Wildman–Crippen MR) is 48.5 cm³/mol. The molecule has 1 aromatic rings. The van der Waals surface area contributed by atoms with Crippen molar-refractivity contribution in [2.75, 3.05) is 25.6 Å². The van der Waals surface area contributed by atoms with Gasteiger partial charge in [-0.3, -0.25) is 0 Å². The summed E-state index contributed by atoms with van der Waals surface area (Å²) in [4.78, 5) is 3.92. The number of hydrogen-bond donors (Lipinski definition) is 1. The number of nitrogens with zero attached hydrogens (tertiary/aromatic N) is 1. The zero-order chi connectivity index (χ0) is 9.10. The molecule has 0 radical (unpaired) electrons. The standard InChI is InChI=1S/C9H12N2O2/c10-9-8(2-1-3-11-9)13-6-7-4-12-5-7/h1-3,7H,4-6H2,(H2,10,11). The molecule has 0 aliphatic carbocycles. The highest BCUT2D eigenvalue weighted by Gasteiger charge is 2.19. The maximum absolute atomic E-state index is 5.60. The van der Waals surface area contributed by atoms with Crippen LogP contribution in [0.1, 0.15) is 0 Å². The monoisotopic (exact) mass is 180 g/mol. The van der Waals surface area contributed by atoms with Crippen LogP contribution in [0, 0.1) is 5.92 Å². The number of pyridine rings is 1. The van der Waals surface area contributed by atoms with E-state index in [2.05, 4.69) is 4.98 Å². The number of anilines is 1. The molecule has 2 rings (SSSR count). The number of ether oxygens (including phenoxy) is 2. The zero-order valence-corrected chi connectivity index (χ0v) is 7.27. The molecular formula is C9H12N2O2. The minimum absolute atomic E-state index is 0.447. The van der Waals surface area contributed by atoms with Gasteiger partial charge in [-0.2, -0.15) is 0 Å². The quantitative estimate of drug-likeness (QED) is 0.743. The van der Waals surface area contributed by atoms with Gasteiger partial charge in [0, 0.05) is 12.1 Å². The third kappa shape index (κ3) is 1.89. The lowest BCUT2D eigenvalue weighted by molar-refractivity contribution is -0.0507. The van der Waals surface area contributed by atoms with Gasteiger partial charge in [0.25, 0.3) is 0 Å². The number of aromatic nitrogens is 1. The Balaban J connectivity index is 1.89. The van der Waals surface area contributed by atoms with Gasteiger partial charge in [-0.25, -0.2) is 4.98 Å². The van der Waals surface area contributed by atoms with Crippen molar-refractivity contribution in [3.05, 3.63) is 18.3 Å². The minimum Gasteiger partial charge on any atom is -0.489 e. The predicted octanol–water partition coefficient (Wildman–Crippen LogP) is 0.689. The SMILES string of the molecule is Nc1ncccc1OCC1COC1. The third-order valence-corrected chi connectivity index (χ3v) is 1.98. The Bertz CT molecular complexity index is 287. The van der Waals surface area contributed by atoms with Crippen LogP contribution in [0.2, 0.25) is 0 Å². The lowest BCUT2D eigenvalue weighted by Crippen LogP contribution is -2.32. The molecule has 0 saturated carbocycles. The minimum atomic E-state index is 0.447. The third-order valence-electron chi connectivity index (χ3n) is 1.98. The molecule has 1 aromatic heterocycles. The average Bonchev–Trinajstić information content (AvgIpc) is 2.05. The summed E-state index contributed by atoms with van der Waals surface area (Å²) in [5.41, 5.74) is 5.60. The summed E-state index contributed by atoms with van der Waals surface area (Å²) in [6.07, 6.45) is 1.65. The van der Waals surface area contributed by atoms with E-state index in [1.54, 1.807) is 6.20 Å². The van der Waals surface area contributed by atoms with E-state index in [4.69, 9.17) is 15.2 Å². The Morgan fingerprint density at radius 1 is 1.62 bits per heavy atom. The summed E-state index contributed by atoms with van der Waals surface area (Å²) in [6.45, 7) is 2.25. The largest absolute Gasteiger partial charge is 0.489 e. The van der Waals surface area contributed by atoms with Crippen LogP contribution < -0.4 is 10.5 Å². The number of nitrogen functional groups attached to an aromatic ring is 1. The Morgan fingerprint density at radius 2 is 2.46 bits per heavy atom. The van der Waals surface area contributed by atoms with E-state index in [9.17, 15) is 0 Å². The highest BCUT2D eigenvalue weighted by Crippen LogP contribution is 2.19. The van der Waals surface area contributed by atoms with Crippen molar-refractivity contribution in [2.45, 2.75) is 0 Å². The molecule has 0 atom stereocenters. The van der Waals surface area contributed by atoms with E-state index in [0.29, 0.717) is 24.1 Å². The molecule has 70 valence electrons. The average molecular weight is 180 g/mol. The first-order valence-corrected chi connectivity index (χ1v) is 4.27. The summed E-state index contributed by atoms with van der Waals surface area (Å²) < 4.78 is 10.5. The molecule has 2 N–H and O–H groups in total. The van der Waals surface area contributed by atoms with Gasteiger partial charge in [0.1, 0.15) is 0 Å². The summed E-state index contributed by atoms with van der Waals surface area (Å²) in [7, 11) is 0. The summed E-state index contributed by atoms with van der Waals surface area (Å²) in [5, 5.41) is 0. The van der Waals surface area contributed by atoms with Crippen molar-refractivity contribution in [1.29, 1.82) is 0 Å². The smallest absolute Gasteiger partial charge is 0.166 e. The van der Waals surface area contributed by atoms with Crippen LogP contribution >= 0.6 is 0 Å². The Labute approximate surface area is 76.7 Å². The van der Waals surface area contributed by atoms with Crippen molar-refractivity contribution >= 4 is 5.82 Å². The summed E-state index contributed by atoms with van der Waals surface area (Å²) >= 11 is 0. The van der Waals surface area contributed by atoms with Gasteiger partial charge in [-0.1, -0.05) is 0 Å². The lowest BCUT2D eigenvalue weighted by atomic mass is 10.1. The molecule has 13 heavy (non-hydrogen) atoms. The Hall–Kier alpha value is -1.29. The molecule has 0 amide bonds. The van der Waals surface area contributed by atoms with E-state index in [1.807, 2.05) is 12.1 Å². The van der Waals surface area contributed by atoms with Gasteiger partial charge in [0.15, 0.2) is 11.6 Å². The molecule has 0 aromatic carbocycles. The van der Waals surface area contributed by atoms with Gasteiger partial charge in [-0.05, 0) is 12.1 Å². The van der Waals surface area contributed by atoms with Gasteiger partial charge in [-0.15, -0.1) is 0 Å². The van der Waals surface area contributed by atoms with Crippen LogP contribution in [0.3, 0.4) is 0 Å². The summed E-state index contributed by atoms with van der Waals surface area (Å²) in [5.74, 6) is 1.62. The molecule has 1 fully saturated rings. The summed E-state index contributed by atoms with van der Waals surface area (Å²) in [6, 6.07) is 3.63. The molecule has 4 nitrogen and oxygen atoms in total. The van der Waals surface area contributed by atoms with E-state index in [-0.39, 0.29) is 0 Å². The molecule has 1 saturated heterocycles. The second-order valence-corrected chi connectivity index (χ2v) is 3.10. The maximum Gasteiger partial charge on any atom is 0.166 e. The molecule has 0 spiro atoms. The van der Waals surface area contributed by atoms with E-state index >= 15 is 0 Å². The van der Waals surface area contributed by atoms with Crippen molar-refractivity contribution in [3.63, 3.8) is 0 Å². The lowest BCUT2D eigenvalue weighted by Gasteiger charge is -2.25. The fourth-order valence-electron chi connectivity index (χ4n) is 1.11. The molecule has 0 bridgehead atoms. The highest BCUT2D eigenvalue weighted by atomic mass is 16.5. The first-order chi connectivity index (χ1) is 6.36. The molecule has 1 aliphatic rings. The van der Waals surface area contributed by atoms with Gasteiger partial charge < -0.3 is 15.2 Å². The molecule has 4 heteroatoms. The van der Waals surface area contributed by atoms with Crippen molar-refractivity contribution in [2.24, 2.45) is 5.92 Å². The Morgan fingerprint density at radius 3 is 3.08 bits per heavy atom. The van der Waals surface area contributed by atoms with Gasteiger partial charge in [0.05, 0.1) is 19.8 Å². The Kier molecular flexibility index (Phi) is 2.31. The first-order valence-electron chi connectivity index (χ1n) is 4.27. The van der Waals surface area contributed by atoms with E-state index in [1.165, 1.54) is 0 Å². The van der Waals surface area contributed by atoms with E-state index in [0.717, 1.165) is 13.2 Å². The second kappa shape index (κ2) is 3.62. The molecular weight excluding hydrogens is 168 g/mol. The number of rotatable bonds is 3. The second-order valence-electron chi connectivity index (χ2n) is 3.10. The normalized spacial score (nSPS) is 16.6. The fourth-order valence-corrected chi connectivity index (χ4v) is 1.11. The van der Waals surface area contributed by atoms with Crippen LogP contribution in [0.5, 0.6) is 5.75 Å². The van der Waals surface area contributed by atoms with Gasteiger partial charge >= 0.3 is 0 Å². The van der Waals surface area contributed by atoms with Crippen LogP contribution in [0.15, 0.2) is 18.3 Å². The number of hydrogen-bond acceptors (Lipinski definition) is 4.